The number of rotatable bonds is 8. The van der Waals surface area contributed by atoms with Gasteiger partial charge in [-0.05, 0) is 75.7 Å². The van der Waals surface area contributed by atoms with Crippen LogP contribution in [0.25, 0.3) is 5.69 Å². The lowest BCUT2D eigenvalue weighted by Crippen LogP contribution is -2.39. The van der Waals surface area contributed by atoms with Gasteiger partial charge in [-0.25, -0.2) is 13.8 Å². The third-order valence-corrected chi connectivity index (χ3v) is 8.19. The predicted molar refractivity (Wildman–Crippen MR) is 153 cm³/mol. The fraction of sp³-hybridized carbons (Fsp3) is 0.172. The van der Waals surface area contributed by atoms with E-state index < -0.39 is 22.5 Å². The second kappa shape index (κ2) is 11.2. The SMILES string of the molecule is Cc1ccc(-n2c(C)cc(/C=N/NC(=O)CN(c3cccc(Cl)c3)S(=O)(=O)c3ccccc3)c2C)c(C)c1. The van der Waals surface area contributed by atoms with Gasteiger partial charge >= 0.3 is 0 Å². The number of amides is 1. The predicted octanol–water partition coefficient (Wildman–Crippen LogP) is 5.71. The lowest BCUT2D eigenvalue weighted by molar-refractivity contribution is -0.119. The Hall–Kier alpha value is -3.88. The number of carbonyl (C=O) groups excluding carboxylic acids is 1. The topological polar surface area (TPSA) is 83.8 Å². The zero-order valence-electron chi connectivity index (χ0n) is 21.6. The van der Waals surface area contributed by atoms with Crippen LogP contribution >= 0.6 is 11.6 Å². The van der Waals surface area contributed by atoms with Crippen molar-refractivity contribution in [1.82, 2.24) is 9.99 Å². The molecule has 4 aromatic rings. The van der Waals surface area contributed by atoms with Crippen LogP contribution in [0.3, 0.4) is 0 Å². The Morgan fingerprint density at radius 1 is 0.974 bits per heavy atom. The molecule has 1 aromatic heterocycles. The molecule has 0 saturated carbocycles. The first kappa shape index (κ1) is 27.2. The molecular formula is C29H29ClN4O3S. The fourth-order valence-electron chi connectivity index (χ4n) is 4.35. The number of carbonyl (C=O) groups is 1. The molecule has 0 radical (unpaired) electrons. The van der Waals surface area contributed by atoms with E-state index in [1.807, 2.05) is 19.9 Å². The number of halogens is 1. The molecular weight excluding hydrogens is 520 g/mol. The van der Waals surface area contributed by atoms with E-state index in [4.69, 9.17) is 11.6 Å². The van der Waals surface area contributed by atoms with Crippen molar-refractivity contribution in [2.24, 2.45) is 5.10 Å². The number of hydrogen-bond acceptors (Lipinski definition) is 4. The van der Waals surface area contributed by atoms with E-state index in [-0.39, 0.29) is 10.6 Å². The van der Waals surface area contributed by atoms with Crippen molar-refractivity contribution in [3.63, 3.8) is 0 Å². The maximum atomic E-state index is 13.4. The highest BCUT2D eigenvalue weighted by atomic mass is 35.5. The van der Waals surface area contributed by atoms with Gasteiger partial charge in [0.25, 0.3) is 15.9 Å². The number of sulfonamides is 1. The molecule has 0 bridgehead atoms. The van der Waals surface area contributed by atoms with E-state index in [0.29, 0.717) is 5.02 Å². The standard InChI is InChI=1S/C29H29ClN4O3S/c1-20-13-14-28(21(2)15-20)34-22(3)16-24(23(34)4)18-31-32-29(35)19-33(26-10-8-9-25(30)17-26)38(36,37)27-11-6-5-7-12-27/h5-18H,19H2,1-4H3,(H,32,35)/b31-18+. The molecule has 1 amide bonds. The van der Waals surface area contributed by atoms with Crippen LogP contribution in [0, 0.1) is 27.7 Å². The van der Waals surface area contributed by atoms with Crippen molar-refractivity contribution < 1.29 is 13.2 Å². The van der Waals surface area contributed by atoms with Crippen molar-refractivity contribution in [3.8, 4) is 5.69 Å². The first-order valence-electron chi connectivity index (χ1n) is 12.0. The smallest absolute Gasteiger partial charge is 0.264 e. The molecule has 0 aliphatic carbocycles. The van der Waals surface area contributed by atoms with Crippen LogP contribution in [-0.4, -0.2) is 31.7 Å². The van der Waals surface area contributed by atoms with Crippen LogP contribution in [-0.2, 0) is 14.8 Å². The van der Waals surface area contributed by atoms with Crippen molar-refractivity contribution in [2.45, 2.75) is 32.6 Å². The zero-order chi connectivity index (χ0) is 27.4. The summed E-state index contributed by atoms with van der Waals surface area (Å²) in [7, 11) is -4.03. The first-order valence-corrected chi connectivity index (χ1v) is 13.8. The molecule has 38 heavy (non-hydrogen) atoms. The molecule has 1 heterocycles. The highest BCUT2D eigenvalue weighted by molar-refractivity contribution is 7.92. The minimum atomic E-state index is -4.03. The first-order chi connectivity index (χ1) is 18.1. The summed E-state index contributed by atoms with van der Waals surface area (Å²) in [5.41, 5.74) is 9.02. The number of nitrogens with one attached hydrogen (secondary N) is 1. The maximum Gasteiger partial charge on any atom is 0.264 e. The number of aromatic nitrogens is 1. The van der Waals surface area contributed by atoms with Gasteiger partial charge in [0, 0.05) is 27.7 Å². The van der Waals surface area contributed by atoms with Gasteiger partial charge in [0.05, 0.1) is 16.8 Å². The summed E-state index contributed by atoms with van der Waals surface area (Å²) in [6.07, 6.45) is 1.57. The van der Waals surface area contributed by atoms with Crippen molar-refractivity contribution in [2.75, 3.05) is 10.8 Å². The average molecular weight is 549 g/mol. The molecule has 1 N–H and O–H groups in total. The summed E-state index contributed by atoms with van der Waals surface area (Å²) in [6.45, 7) is 7.66. The van der Waals surface area contributed by atoms with E-state index in [0.717, 1.165) is 32.5 Å². The molecule has 0 spiro atoms. The second-order valence-corrected chi connectivity index (χ2v) is 11.3. The van der Waals surface area contributed by atoms with Crippen LogP contribution in [0.15, 0.2) is 88.9 Å². The van der Waals surface area contributed by atoms with Crippen LogP contribution in [0.2, 0.25) is 5.02 Å². The van der Waals surface area contributed by atoms with E-state index in [1.165, 1.54) is 23.8 Å². The number of benzene rings is 3. The molecule has 196 valence electrons. The van der Waals surface area contributed by atoms with Crippen LogP contribution in [0.1, 0.15) is 28.1 Å². The fourth-order valence-corrected chi connectivity index (χ4v) is 5.97. The summed E-state index contributed by atoms with van der Waals surface area (Å²) in [6, 6.07) is 22.6. The molecule has 0 aliphatic rings. The Morgan fingerprint density at radius 2 is 1.71 bits per heavy atom. The van der Waals surface area contributed by atoms with Gasteiger partial charge < -0.3 is 4.57 Å². The zero-order valence-corrected chi connectivity index (χ0v) is 23.2. The molecule has 0 aliphatic heterocycles. The molecule has 4 rings (SSSR count). The number of hydrogen-bond donors (Lipinski definition) is 1. The summed E-state index contributed by atoms with van der Waals surface area (Å²) >= 11 is 6.12. The van der Waals surface area contributed by atoms with E-state index in [9.17, 15) is 13.2 Å². The molecule has 0 unspecified atom stereocenters. The summed E-state index contributed by atoms with van der Waals surface area (Å²) in [5, 5.41) is 4.48. The monoisotopic (exact) mass is 548 g/mol. The van der Waals surface area contributed by atoms with Crippen LogP contribution in [0.4, 0.5) is 5.69 Å². The lowest BCUT2D eigenvalue weighted by Gasteiger charge is -2.23. The Balaban J connectivity index is 1.56. The highest BCUT2D eigenvalue weighted by Crippen LogP contribution is 2.26. The van der Waals surface area contributed by atoms with Gasteiger partial charge in [-0.1, -0.05) is 53.6 Å². The number of nitrogens with zero attached hydrogens (tertiary/aromatic N) is 3. The average Bonchev–Trinajstić information content (AvgIpc) is 3.15. The number of anilines is 1. The van der Waals surface area contributed by atoms with Crippen LogP contribution in [0.5, 0.6) is 0 Å². The molecule has 0 atom stereocenters. The lowest BCUT2D eigenvalue weighted by atomic mass is 10.1. The minimum Gasteiger partial charge on any atom is -0.318 e. The van der Waals surface area contributed by atoms with Crippen molar-refractivity contribution in [1.29, 1.82) is 0 Å². The molecule has 3 aromatic carbocycles. The Labute approximate surface area is 228 Å². The largest absolute Gasteiger partial charge is 0.318 e. The molecule has 9 heteroatoms. The third kappa shape index (κ3) is 5.82. The van der Waals surface area contributed by atoms with Gasteiger partial charge in [-0.2, -0.15) is 5.10 Å². The summed E-state index contributed by atoms with van der Waals surface area (Å²) in [5.74, 6) is -0.594. The van der Waals surface area contributed by atoms with Gasteiger partial charge in [0.2, 0.25) is 0 Å². The highest BCUT2D eigenvalue weighted by Gasteiger charge is 2.27. The Bertz CT molecular complexity index is 1610. The van der Waals surface area contributed by atoms with Gasteiger partial charge in [-0.15, -0.1) is 0 Å². The van der Waals surface area contributed by atoms with Gasteiger partial charge in [0.15, 0.2) is 0 Å². The minimum absolute atomic E-state index is 0.0649. The molecule has 0 fully saturated rings. The number of hydrazone groups is 1. The summed E-state index contributed by atoms with van der Waals surface area (Å²) < 4.78 is 30.0. The number of aryl methyl sites for hydroxylation is 3. The maximum absolute atomic E-state index is 13.4. The van der Waals surface area contributed by atoms with Gasteiger partial charge in [-0.3, -0.25) is 9.10 Å². The molecule has 0 saturated heterocycles. The Morgan fingerprint density at radius 3 is 2.39 bits per heavy atom. The van der Waals surface area contributed by atoms with E-state index in [1.54, 1.807) is 42.6 Å². The Kier molecular flexibility index (Phi) is 8.04. The van der Waals surface area contributed by atoms with E-state index >= 15 is 0 Å². The second-order valence-electron chi connectivity index (χ2n) is 9.05. The van der Waals surface area contributed by atoms with Crippen molar-refractivity contribution >= 4 is 39.4 Å². The normalized spacial score (nSPS) is 11.6. The summed E-state index contributed by atoms with van der Waals surface area (Å²) in [4.78, 5) is 12.9. The van der Waals surface area contributed by atoms with E-state index in [2.05, 4.69) is 47.1 Å². The third-order valence-electron chi connectivity index (χ3n) is 6.17. The molecule has 7 nitrogen and oxygen atoms in total. The van der Waals surface area contributed by atoms with Crippen molar-refractivity contribution in [3.05, 3.63) is 112 Å². The quantitative estimate of drug-likeness (QED) is 0.226. The van der Waals surface area contributed by atoms with Crippen LogP contribution < -0.4 is 9.73 Å². The van der Waals surface area contributed by atoms with Gasteiger partial charge in [0.1, 0.15) is 6.54 Å².